The molecule has 0 aliphatic rings. The highest BCUT2D eigenvalue weighted by molar-refractivity contribution is 9.10. The lowest BCUT2D eigenvalue weighted by Gasteiger charge is -2.18. The number of carbonyl (C=O) groups excluding carboxylic acids is 1. The van der Waals surface area contributed by atoms with Gasteiger partial charge in [-0.25, -0.2) is 0 Å². The highest BCUT2D eigenvalue weighted by Gasteiger charge is 2.15. The van der Waals surface area contributed by atoms with Crippen molar-refractivity contribution >= 4 is 33.6 Å². The Morgan fingerprint density at radius 1 is 1.19 bits per heavy atom. The van der Waals surface area contributed by atoms with Crippen LogP contribution in [-0.4, -0.2) is 24.1 Å². The van der Waals surface area contributed by atoms with E-state index in [-0.39, 0.29) is 5.91 Å². The molecule has 0 aliphatic carbocycles. The first-order valence-corrected chi connectivity index (χ1v) is 8.67. The Labute approximate surface area is 138 Å². The first kappa shape index (κ1) is 16.1. The van der Waals surface area contributed by atoms with Gasteiger partial charge in [-0.15, -0.1) is 11.8 Å². The van der Waals surface area contributed by atoms with Crippen molar-refractivity contribution in [1.29, 1.82) is 0 Å². The molecule has 4 heteroatoms. The molecule has 0 N–H and O–H groups in total. The molecule has 0 aliphatic heterocycles. The van der Waals surface area contributed by atoms with Crippen LogP contribution in [0.25, 0.3) is 0 Å². The third-order valence-electron chi connectivity index (χ3n) is 3.28. The third-order valence-corrected chi connectivity index (χ3v) is 4.68. The molecule has 110 valence electrons. The standard InChI is InChI=1S/C17H18BrNOS/c1-12-4-9-15(16(18)10-12)17(20)19(2)11-13-5-7-14(21-3)8-6-13/h4-10H,11H2,1-3H3. The summed E-state index contributed by atoms with van der Waals surface area (Å²) in [5.41, 5.74) is 2.96. The maximum Gasteiger partial charge on any atom is 0.255 e. The molecule has 0 bridgehead atoms. The van der Waals surface area contributed by atoms with E-state index in [1.807, 2.05) is 32.2 Å². The second-order valence-corrected chi connectivity index (χ2v) is 6.73. The summed E-state index contributed by atoms with van der Waals surface area (Å²) in [6, 6.07) is 14.1. The van der Waals surface area contributed by atoms with Gasteiger partial charge in [-0.05, 0) is 64.5 Å². The van der Waals surface area contributed by atoms with Crippen molar-refractivity contribution in [3.8, 4) is 0 Å². The van der Waals surface area contributed by atoms with Crippen molar-refractivity contribution in [2.24, 2.45) is 0 Å². The molecule has 2 rings (SSSR count). The van der Waals surface area contributed by atoms with Crippen LogP contribution in [-0.2, 0) is 6.54 Å². The van der Waals surface area contributed by atoms with Gasteiger partial charge in [-0.2, -0.15) is 0 Å². The smallest absolute Gasteiger partial charge is 0.255 e. The van der Waals surface area contributed by atoms with Crippen molar-refractivity contribution in [3.05, 3.63) is 63.6 Å². The summed E-state index contributed by atoms with van der Waals surface area (Å²) in [4.78, 5) is 15.5. The number of carbonyl (C=O) groups is 1. The number of hydrogen-bond acceptors (Lipinski definition) is 2. The van der Waals surface area contributed by atoms with E-state index < -0.39 is 0 Å². The fourth-order valence-electron chi connectivity index (χ4n) is 2.08. The molecule has 0 spiro atoms. The van der Waals surface area contributed by atoms with E-state index >= 15 is 0 Å². The Morgan fingerprint density at radius 3 is 2.43 bits per heavy atom. The Balaban J connectivity index is 2.11. The van der Waals surface area contributed by atoms with Gasteiger partial charge in [0.2, 0.25) is 0 Å². The van der Waals surface area contributed by atoms with E-state index in [1.165, 1.54) is 4.90 Å². The molecule has 0 saturated carbocycles. The van der Waals surface area contributed by atoms with Gasteiger partial charge < -0.3 is 4.90 Å². The topological polar surface area (TPSA) is 20.3 Å². The normalized spacial score (nSPS) is 10.5. The molecule has 0 fully saturated rings. The lowest BCUT2D eigenvalue weighted by Crippen LogP contribution is -2.26. The number of amides is 1. The van der Waals surface area contributed by atoms with Crippen molar-refractivity contribution < 1.29 is 4.79 Å². The highest BCUT2D eigenvalue weighted by Crippen LogP contribution is 2.21. The predicted molar refractivity (Wildman–Crippen MR) is 92.9 cm³/mol. The summed E-state index contributed by atoms with van der Waals surface area (Å²) in [5.74, 6) is 0.0239. The summed E-state index contributed by atoms with van der Waals surface area (Å²) in [6.45, 7) is 2.61. The molecule has 2 aromatic rings. The number of hydrogen-bond donors (Lipinski definition) is 0. The molecule has 0 saturated heterocycles. The van der Waals surface area contributed by atoms with Gasteiger partial charge in [0.1, 0.15) is 0 Å². The number of halogens is 1. The van der Waals surface area contributed by atoms with Crippen LogP contribution in [0.5, 0.6) is 0 Å². The largest absolute Gasteiger partial charge is 0.337 e. The monoisotopic (exact) mass is 363 g/mol. The van der Waals surface area contributed by atoms with Gasteiger partial charge in [0.25, 0.3) is 5.91 Å². The van der Waals surface area contributed by atoms with Crippen molar-refractivity contribution in [2.45, 2.75) is 18.4 Å². The van der Waals surface area contributed by atoms with Crippen molar-refractivity contribution in [1.82, 2.24) is 4.90 Å². The minimum absolute atomic E-state index is 0.0239. The number of nitrogens with zero attached hydrogens (tertiary/aromatic N) is 1. The quantitative estimate of drug-likeness (QED) is 0.730. The molecular formula is C17H18BrNOS. The van der Waals surface area contributed by atoms with E-state index in [9.17, 15) is 4.79 Å². The maximum absolute atomic E-state index is 12.5. The van der Waals surface area contributed by atoms with Crippen LogP contribution in [0, 0.1) is 6.92 Å². The number of rotatable bonds is 4. The average molecular weight is 364 g/mol. The predicted octanol–water partition coefficient (Wildman–Crippen LogP) is 4.75. The molecule has 0 atom stereocenters. The molecule has 0 radical (unpaired) electrons. The van der Waals surface area contributed by atoms with Crippen molar-refractivity contribution in [3.63, 3.8) is 0 Å². The minimum Gasteiger partial charge on any atom is -0.337 e. The zero-order valence-electron chi connectivity index (χ0n) is 12.4. The van der Waals surface area contributed by atoms with Gasteiger partial charge in [0, 0.05) is 23.0 Å². The first-order valence-electron chi connectivity index (χ1n) is 6.66. The van der Waals surface area contributed by atoms with Gasteiger partial charge in [-0.3, -0.25) is 4.79 Å². The van der Waals surface area contributed by atoms with E-state index in [1.54, 1.807) is 16.7 Å². The van der Waals surface area contributed by atoms with E-state index in [0.29, 0.717) is 12.1 Å². The highest BCUT2D eigenvalue weighted by atomic mass is 79.9. The van der Waals surface area contributed by atoms with Gasteiger partial charge in [-0.1, -0.05) is 18.2 Å². The molecule has 2 nitrogen and oxygen atoms in total. The minimum atomic E-state index is 0.0239. The second-order valence-electron chi connectivity index (χ2n) is 4.99. The van der Waals surface area contributed by atoms with Crippen LogP contribution in [0.4, 0.5) is 0 Å². The van der Waals surface area contributed by atoms with Crippen LogP contribution in [0.15, 0.2) is 51.8 Å². The lowest BCUT2D eigenvalue weighted by molar-refractivity contribution is 0.0784. The first-order chi connectivity index (χ1) is 10.0. The molecule has 2 aromatic carbocycles. The van der Waals surface area contributed by atoms with E-state index in [4.69, 9.17) is 0 Å². The van der Waals surface area contributed by atoms with Crippen LogP contribution >= 0.6 is 27.7 Å². The lowest BCUT2D eigenvalue weighted by atomic mass is 10.1. The Bertz CT molecular complexity index is 640. The SMILES string of the molecule is CSc1ccc(CN(C)C(=O)c2ccc(C)cc2Br)cc1. The fourth-order valence-corrected chi connectivity index (χ4v) is 3.15. The van der Waals surface area contributed by atoms with Crippen molar-refractivity contribution in [2.75, 3.05) is 13.3 Å². The summed E-state index contributed by atoms with van der Waals surface area (Å²) in [6.07, 6.45) is 2.06. The zero-order valence-corrected chi connectivity index (χ0v) is 14.8. The number of thioether (sulfide) groups is 1. The van der Waals surface area contributed by atoms with E-state index in [0.717, 1.165) is 15.6 Å². The summed E-state index contributed by atoms with van der Waals surface area (Å²) in [7, 11) is 1.83. The van der Waals surface area contributed by atoms with Crippen LogP contribution < -0.4 is 0 Å². The van der Waals surface area contributed by atoms with Crippen LogP contribution in [0.3, 0.4) is 0 Å². The van der Waals surface area contributed by atoms with E-state index in [2.05, 4.69) is 46.5 Å². The molecule has 0 aromatic heterocycles. The van der Waals surface area contributed by atoms with Gasteiger partial charge in [0.15, 0.2) is 0 Å². The fraction of sp³-hybridized carbons (Fsp3) is 0.235. The Hall–Kier alpha value is -1.26. The summed E-state index contributed by atoms with van der Waals surface area (Å²) >= 11 is 5.19. The molecule has 21 heavy (non-hydrogen) atoms. The Kier molecular flexibility index (Phi) is 5.48. The third kappa shape index (κ3) is 4.11. The maximum atomic E-state index is 12.5. The number of aryl methyl sites for hydroxylation is 1. The Morgan fingerprint density at radius 2 is 1.86 bits per heavy atom. The number of benzene rings is 2. The second kappa shape index (κ2) is 7.14. The van der Waals surface area contributed by atoms with Crippen LogP contribution in [0.2, 0.25) is 0 Å². The molecular weight excluding hydrogens is 346 g/mol. The summed E-state index contributed by atoms with van der Waals surface area (Å²) in [5, 5.41) is 0. The zero-order chi connectivity index (χ0) is 15.4. The molecule has 0 heterocycles. The summed E-state index contributed by atoms with van der Waals surface area (Å²) < 4.78 is 0.845. The average Bonchev–Trinajstić information content (AvgIpc) is 2.47. The molecule has 1 amide bonds. The van der Waals surface area contributed by atoms with Gasteiger partial charge >= 0.3 is 0 Å². The van der Waals surface area contributed by atoms with Crippen LogP contribution in [0.1, 0.15) is 21.5 Å². The van der Waals surface area contributed by atoms with Gasteiger partial charge in [0.05, 0.1) is 5.56 Å². The molecule has 0 unspecified atom stereocenters.